The molecule has 0 radical (unpaired) electrons. The molecule has 1 N–H and O–H groups in total. The molecule has 0 unspecified atom stereocenters. The highest BCUT2D eigenvalue weighted by Gasteiger charge is 2.29. The summed E-state index contributed by atoms with van der Waals surface area (Å²) in [6, 6.07) is 21.3. The highest BCUT2D eigenvalue weighted by atomic mass is 32.2. The molecule has 7 heteroatoms. The fourth-order valence-electron chi connectivity index (χ4n) is 2.80. The zero-order chi connectivity index (χ0) is 20.4. The van der Waals surface area contributed by atoms with E-state index in [0.29, 0.717) is 5.69 Å². The lowest BCUT2D eigenvalue weighted by molar-refractivity contribution is 0.572. The van der Waals surface area contributed by atoms with Crippen LogP contribution in [0.5, 0.6) is 0 Å². The van der Waals surface area contributed by atoms with Crippen molar-refractivity contribution in [2.24, 2.45) is 0 Å². The number of halogens is 1. The van der Waals surface area contributed by atoms with Gasteiger partial charge in [0.2, 0.25) is 26.6 Å². The van der Waals surface area contributed by atoms with Gasteiger partial charge in [-0.1, -0.05) is 48.0 Å². The number of benzene rings is 3. The molecule has 0 aliphatic heterocycles. The van der Waals surface area contributed by atoms with E-state index >= 15 is 0 Å². The van der Waals surface area contributed by atoms with E-state index in [4.69, 9.17) is 4.42 Å². The van der Waals surface area contributed by atoms with Crippen LogP contribution < -0.4 is 5.32 Å². The minimum absolute atomic E-state index is 0.0740. The van der Waals surface area contributed by atoms with Crippen molar-refractivity contribution >= 4 is 21.4 Å². The van der Waals surface area contributed by atoms with Gasteiger partial charge in [-0.05, 0) is 43.3 Å². The van der Waals surface area contributed by atoms with Crippen molar-refractivity contribution in [3.8, 4) is 11.5 Å². The van der Waals surface area contributed by atoms with E-state index in [1.165, 1.54) is 30.3 Å². The SMILES string of the molecule is Cc1ccc(S(=O)(=O)c2nc(-c3ccccc3F)oc2Nc2ccccc2)cc1. The van der Waals surface area contributed by atoms with Crippen LogP contribution in [0, 0.1) is 12.7 Å². The van der Waals surface area contributed by atoms with Gasteiger partial charge < -0.3 is 9.73 Å². The number of oxazole rings is 1. The topological polar surface area (TPSA) is 72.2 Å². The normalized spacial score (nSPS) is 11.4. The summed E-state index contributed by atoms with van der Waals surface area (Å²) in [5.41, 5.74) is 1.62. The van der Waals surface area contributed by atoms with Gasteiger partial charge in [-0.25, -0.2) is 12.8 Å². The lowest BCUT2D eigenvalue weighted by atomic mass is 10.2. The van der Waals surface area contributed by atoms with Gasteiger partial charge in [0.25, 0.3) is 0 Å². The highest BCUT2D eigenvalue weighted by molar-refractivity contribution is 7.91. The molecule has 0 amide bonds. The Kier molecular flexibility index (Phi) is 4.90. The number of rotatable bonds is 5. The molecule has 3 aromatic carbocycles. The second kappa shape index (κ2) is 7.52. The van der Waals surface area contributed by atoms with Crippen molar-refractivity contribution in [3.63, 3.8) is 0 Å². The number of anilines is 2. The number of nitrogens with zero attached hydrogens (tertiary/aromatic N) is 1. The molecule has 0 fully saturated rings. The number of aromatic nitrogens is 1. The third-order valence-corrected chi connectivity index (χ3v) is 6.00. The number of nitrogens with one attached hydrogen (secondary N) is 1. The van der Waals surface area contributed by atoms with Crippen LogP contribution in [-0.4, -0.2) is 13.4 Å². The van der Waals surface area contributed by atoms with Gasteiger partial charge in [-0.15, -0.1) is 0 Å². The Hall–Kier alpha value is -3.45. The average molecular weight is 408 g/mol. The van der Waals surface area contributed by atoms with Gasteiger partial charge >= 0.3 is 0 Å². The molecule has 29 heavy (non-hydrogen) atoms. The van der Waals surface area contributed by atoms with E-state index in [2.05, 4.69) is 10.3 Å². The molecule has 4 aromatic rings. The van der Waals surface area contributed by atoms with Crippen LogP contribution in [0.3, 0.4) is 0 Å². The fourth-order valence-corrected chi connectivity index (χ4v) is 4.06. The van der Waals surface area contributed by atoms with Crippen LogP contribution in [0.1, 0.15) is 5.56 Å². The Morgan fingerprint density at radius 1 is 0.897 bits per heavy atom. The van der Waals surface area contributed by atoms with Gasteiger partial charge in [0.1, 0.15) is 5.82 Å². The third kappa shape index (κ3) is 3.77. The van der Waals surface area contributed by atoms with Gasteiger partial charge in [0.15, 0.2) is 0 Å². The number of aryl methyl sites for hydroxylation is 1. The first-order valence-corrected chi connectivity index (χ1v) is 10.3. The maximum atomic E-state index is 14.2. The minimum Gasteiger partial charge on any atom is -0.419 e. The standard InChI is InChI=1S/C22H17FN2O3S/c1-15-11-13-17(14-12-15)29(26,27)22-21(24-16-7-3-2-4-8-16)28-20(25-22)18-9-5-6-10-19(18)23/h2-14,24H,1H3. The molecule has 0 saturated heterocycles. The second-order valence-corrected chi connectivity index (χ2v) is 8.31. The predicted molar refractivity (Wildman–Crippen MR) is 108 cm³/mol. The summed E-state index contributed by atoms with van der Waals surface area (Å²) >= 11 is 0. The van der Waals surface area contributed by atoms with Crippen molar-refractivity contribution in [1.29, 1.82) is 0 Å². The van der Waals surface area contributed by atoms with Gasteiger partial charge in [0, 0.05) is 5.69 Å². The van der Waals surface area contributed by atoms with Gasteiger partial charge in [-0.3, -0.25) is 0 Å². The fraction of sp³-hybridized carbons (Fsp3) is 0.0455. The van der Waals surface area contributed by atoms with E-state index in [1.807, 2.05) is 13.0 Å². The van der Waals surface area contributed by atoms with Crippen LogP contribution in [0.25, 0.3) is 11.5 Å². The summed E-state index contributed by atoms with van der Waals surface area (Å²) in [6.07, 6.45) is 0. The Morgan fingerprint density at radius 2 is 1.55 bits per heavy atom. The van der Waals surface area contributed by atoms with E-state index in [0.717, 1.165) is 5.56 Å². The molecule has 0 bridgehead atoms. The Morgan fingerprint density at radius 3 is 2.24 bits per heavy atom. The van der Waals surface area contributed by atoms with Crippen LogP contribution >= 0.6 is 0 Å². The molecular weight excluding hydrogens is 391 g/mol. The Balaban J connectivity index is 1.87. The molecule has 4 rings (SSSR count). The predicted octanol–water partition coefficient (Wildman–Crippen LogP) is 5.37. The van der Waals surface area contributed by atoms with E-state index in [1.54, 1.807) is 42.5 Å². The second-order valence-electron chi connectivity index (χ2n) is 6.44. The molecule has 0 spiro atoms. The van der Waals surface area contributed by atoms with E-state index in [-0.39, 0.29) is 27.3 Å². The molecule has 0 aliphatic carbocycles. The zero-order valence-electron chi connectivity index (χ0n) is 15.5. The number of para-hydroxylation sites is 1. The quantitative estimate of drug-likeness (QED) is 0.481. The number of hydrogen-bond acceptors (Lipinski definition) is 5. The van der Waals surface area contributed by atoms with Crippen molar-refractivity contribution in [2.75, 3.05) is 5.32 Å². The molecule has 0 atom stereocenters. The number of hydrogen-bond donors (Lipinski definition) is 1. The Labute approximate surface area is 167 Å². The van der Waals surface area contributed by atoms with Gasteiger partial charge in [0.05, 0.1) is 10.5 Å². The maximum Gasteiger partial charge on any atom is 0.238 e. The first-order valence-electron chi connectivity index (χ1n) is 8.85. The summed E-state index contributed by atoms with van der Waals surface area (Å²) in [6.45, 7) is 1.87. The summed E-state index contributed by atoms with van der Waals surface area (Å²) < 4.78 is 46.4. The largest absolute Gasteiger partial charge is 0.419 e. The van der Waals surface area contributed by atoms with Crippen molar-refractivity contribution in [1.82, 2.24) is 4.98 Å². The minimum atomic E-state index is -4.00. The van der Waals surface area contributed by atoms with Crippen LogP contribution in [0.2, 0.25) is 0 Å². The molecule has 0 saturated carbocycles. The summed E-state index contributed by atoms with van der Waals surface area (Å²) in [5.74, 6) is -0.749. The average Bonchev–Trinajstić information content (AvgIpc) is 3.14. The van der Waals surface area contributed by atoms with Crippen molar-refractivity contribution in [3.05, 3.63) is 90.2 Å². The molecule has 0 aliphatic rings. The number of sulfone groups is 1. The lowest BCUT2D eigenvalue weighted by Crippen LogP contribution is -2.05. The smallest absolute Gasteiger partial charge is 0.238 e. The van der Waals surface area contributed by atoms with Crippen molar-refractivity contribution < 1.29 is 17.2 Å². The molecule has 5 nitrogen and oxygen atoms in total. The Bertz CT molecular complexity index is 1250. The van der Waals surface area contributed by atoms with Crippen LogP contribution in [0.15, 0.2) is 93.2 Å². The van der Waals surface area contributed by atoms with E-state index in [9.17, 15) is 12.8 Å². The highest BCUT2D eigenvalue weighted by Crippen LogP contribution is 2.34. The molecule has 1 heterocycles. The first kappa shape index (κ1) is 18.9. The maximum absolute atomic E-state index is 14.2. The molecule has 1 aromatic heterocycles. The zero-order valence-corrected chi connectivity index (χ0v) is 16.3. The van der Waals surface area contributed by atoms with Crippen LogP contribution in [-0.2, 0) is 9.84 Å². The third-order valence-electron chi connectivity index (χ3n) is 4.32. The molecule has 146 valence electrons. The monoisotopic (exact) mass is 408 g/mol. The van der Waals surface area contributed by atoms with Gasteiger partial charge in [-0.2, -0.15) is 4.98 Å². The lowest BCUT2D eigenvalue weighted by Gasteiger charge is -2.06. The van der Waals surface area contributed by atoms with Crippen molar-refractivity contribution in [2.45, 2.75) is 16.8 Å². The summed E-state index contributed by atoms with van der Waals surface area (Å²) in [4.78, 5) is 4.23. The van der Waals surface area contributed by atoms with Crippen LogP contribution in [0.4, 0.5) is 16.0 Å². The molecular formula is C22H17FN2O3S. The summed E-state index contributed by atoms with van der Waals surface area (Å²) in [5, 5.41) is 2.64. The van der Waals surface area contributed by atoms with E-state index < -0.39 is 15.7 Å². The summed E-state index contributed by atoms with van der Waals surface area (Å²) in [7, 11) is -4.00. The first-order chi connectivity index (χ1) is 13.9.